The van der Waals surface area contributed by atoms with Crippen LogP contribution in [0.3, 0.4) is 0 Å². The number of unbranched alkanes of at least 4 members (excludes halogenated alkanes) is 1. The molecule has 0 heterocycles. The van der Waals surface area contributed by atoms with Crippen LogP contribution >= 0.6 is 15.9 Å². The van der Waals surface area contributed by atoms with Crippen molar-refractivity contribution < 1.29 is 14.6 Å². The van der Waals surface area contributed by atoms with E-state index in [0.29, 0.717) is 13.0 Å². The number of rotatable bonds is 8. The van der Waals surface area contributed by atoms with Crippen LogP contribution in [-0.4, -0.2) is 24.7 Å². The Morgan fingerprint density at radius 2 is 2.22 bits per heavy atom. The molecule has 0 saturated heterocycles. The normalized spacial score (nSPS) is 10.3. The van der Waals surface area contributed by atoms with Gasteiger partial charge in [-0.1, -0.05) is 22.0 Å². The fourth-order valence-electron chi connectivity index (χ4n) is 1.64. The Balaban J connectivity index is 2.46. The molecule has 100 valence electrons. The third-order valence-electron chi connectivity index (χ3n) is 2.54. The van der Waals surface area contributed by atoms with Gasteiger partial charge in [0.25, 0.3) is 0 Å². The molecule has 1 aromatic carbocycles. The molecule has 0 radical (unpaired) electrons. The molecular weight excluding hydrogens is 298 g/mol. The molecule has 1 aromatic rings. The second kappa shape index (κ2) is 8.11. The van der Waals surface area contributed by atoms with Gasteiger partial charge in [-0.2, -0.15) is 0 Å². The quantitative estimate of drug-likeness (QED) is 0.723. The fourth-order valence-corrected chi connectivity index (χ4v) is 2.12. The second-order valence-corrected chi connectivity index (χ2v) is 4.83. The van der Waals surface area contributed by atoms with Crippen LogP contribution in [0.15, 0.2) is 22.7 Å². The van der Waals surface area contributed by atoms with Crippen molar-refractivity contribution in [2.75, 3.05) is 19.0 Å². The zero-order valence-electron chi connectivity index (χ0n) is 10.4. The average Bonchev–Trinajstić information content (AvgIpc) is 2.32. The van der Waals surface area contributed by atoms with Crippen molar-refractivity contribution in [3.63, 3.8) is 0 Å². The lowest BCUT2D eigenvalue weighted by Crippen LogP contribution is -2.06. The molecule has 0 fully saturated rings. The van der Waals surface area contributed by atoms with E-state index in [4.69, 9.17) is 9.84 Å². The summed E-state index contributed by atoms with van der Waals surface area (Å²) in [6, 6.07) is 5.93. The van der Waals surface area contributed by atoms with Gasteiger partial charge in [-0.15, -0.1) is 0 Å². The van der Waals surface area contributed by atoms with Gasteiger partial charge in [-0.25, -0.2) is 0 Å². The van der Waals surface area contributed by atoms with Gasteiger partial charge in [0.05, 0.1) is 6.61 Å². The Morgan fingerprint density at radius 3 is 2.89 bits per heavy atom. The molecule has 0 spiro atoms. The number of hydrogen-bond donors (Lipinski definition) is 2. The summed E-state index contributed by atoms with van der Waals surface area (Å²) in [5, 5.41) is 11.8. The van der Waals surface area contributed by atoms with Gasteiger partial charge in [-0.05, 0) is 25.0 Å². The predicted octanol–water partition coefficient (Wildman–Crippen LogP) is 3.26. The number of anilines is 1. The number of benzene rings is 1. The predicted molar refractivity (Wildman–Crippen MR) is 74.8 cm³/mol. The summed E-state index contributed by atoms with van der Waals surface area (Å²) in [5.74, 6) is -0.738. The van der Waals surface area contributed by atoms with Crippen molar-refractivity contribution in [1.82, 2.24) is 0 Å². The zero-order valence-corrected chi connectivity index (χ0v) is 12.0. The summed E-state index contributed by atoms with van der Waals surface area (Å²) in [7, 11) is 1.66. The lowest BCUT2D eigenvalue weighted by molar-refractivity contribution is -0.137. The third-order valence-corrected chi connectivity index (χ3v) is 3.28. The van der Waals surface area contributed by atoms with Crippen LogP contribution < -0.4 is 5.32 Å². The first kappa shape index (κ1) is 15.0. The van der Waals surface area contributed by atoms with E-state index in [2.05, 4.69) is 21.2 Å². The zero-order chi connectivity index (χ0) is 13.4. The minimum absolute atomic E-state index is 0.227. The van der Waals surface area contributed by atoms with Crippen LogP contribution in [0, 0.1) is 0 Å². The number of methoxy groups -OCH3 is 1. The standard InChI is InChI=1S/C13H18BrNO3/c1-18-9-10-11(14)5-4-6-12(10)15-8-3-2-7-13(16)17/h4-6,15H,2-3,7-9H2,1H3,(H,16,17). The van der Waals surface area contributed by atoms with E-state index in [0.717, 1.165) is 28.7 Å². The molecule has 0 amide bonds. The Morgan fingerprint density at radius 1 is 1.44 bits per heavy atom. The van der Waals surface area contributed by atoms with E-state index < -0.39 is 5.97 Å². The van der Waals surface area contributed by atoms with Crippen molar-refractivity contribution in [1.29, 1.82) is 0 Å². The van der Waals surface area contributed by atoms with E-state index in [-0.39, 0.29) is 6.42 Å². The summed E-state index contributed by atoms with van der Waals surface area (Å²) in [6.45, 7) is 1.30. The number of halogens is 1. The van der Waals surface area contributed by atoms with Gasteiger partial charge in [-0.3, -0.25) is 4.79 Å². The molecule has 0 atom stereocenters. The minimum Gasteiger partial charge on any atom is -0.481 e. The first-order chi connectivity index (χ1) is 8.65. The van der Waals surface area contributed by atoms with E-state index in [1.807, 2.05) is 18.2 Å². The SMILES string of the molecule is COCc1c(Br)cccc1NCCCCC(=O)O. The van der Waals surface area contributed by atoms with Crippen LogP contribution in [0.5, 0.6) is 0 Å². The summed E-state index contributed by atoms with van der Waals surface area (Å²) < 4.78 is 6.17. The molecular formula is C13H18BrNO3. The summed E-state index contributed by atoms with van der Waals surface area (Å²) in [5.41, 5.74) is 2.11. The highest BCUT2D eigenvalue weighted by Crippen LogP contribution is 2.25. The van der Waals surface area contributed by atoms with Crippen LogP contribution in [0.25, 0.3) is 0 Å². The molecule has 0 aliphatic heterocycles. The van der Waals surface area contributed by atoms with Crippen molar-refractivity contribution in [2.24, 2.45) is 0 Å². The molecule has 0 aliphatic carbocycles. The fraction of sp³-hybridized carbons (Fsp3) is 0.462. The van der Waals surface area contributed by atoms with Crippen molar-refractivity contribution in [3.05, 3.63) is 28.2 Å². The maximum absolute atomic E-state index is 10.4. The van der Waals surface area contributed by atoms with Crippen LogP contribution in [-0.2, 0) is 16.1 Å². The van der Waals surface area contributed by atoms with Crippen molar-refractivity contribution >= 4 is 27.6 Å². The van der Waals surface area contributed by atoms with Crippen molar-refractivity contribution in [3.8, 4) is 0 Å². The molecule has 5 heteroatoms. The van der Waals surface area contributed by atoms with E-state index >= 15 is 0 Å². The largest absolute Gasteiger partial charge is 0.481 e. The van der Waals surface area contributed by atoms with Crippen molar-refractivity contribution in [2.45, 2.75) is 25.9 Å². The Kier molecular flexibility index (Phi) is 6.75. The first-order valence-electron chi connectivity index (χ1n) is 5.87. The maximum Gasteiger partial charge on any atom is 0.303 e. The monoisotopic (exact) mass is 315 g/mol. The average molecular weight is 316 g/mol. The molecule has 0 saturated carbocycles. The highest BCUT2D eigenvalue weighted by molar-refractivity contribution is 9.10. The second-order valence-electron chi connectivity index (χ2n) is 3.98. The van der Waals surface area contributed by atoms with Gasteiger partial charge in [0, 0.05) is 35.8 Å². The highest BCUT2D eigenvalue weighted by atomic mass is 79.9. The molecule has 0 aliphatic rings. The Hall–Kier alpha value is -1.07. The highest BCUT2D eigenvalue weighted by Gasteiger charge is 2.05. The Bertz CT molecular complexity index is 396. The molecule has 18 heavy (non-hydrogen) atoms. The molecule has 0 bridgehead atoms. The lowest BCUT2D eigenvalue weighted by atomic mass is 10.1. The molecule has 1 rings (SSSR count). The van der Waals surface area contributed by atoms with Crippen LogP contribution in [0.1, 0.15) is 24.8 Å². The van der Waals surface area contributed by atoms with E-state index in [9.17, 15) is 4.79 Å². The van der Waals surface area contributed by atoms with E-state index in [1.54, 1.807) is 7.11 Å². The Labute approximate surface area is 115 Å². The van der Waals surface area contributed by atoms with Gasteiger partial charge < -0.3 is 15.2 Å². The third kappa shape index (κ3) is 5.06. The lowest BCUT2D eigenvalue weighted by Gasteiger charge is -2.13. The van der Waals surface area contributed by atoms with Gasteiger partial charge in [0.1, 0.15) is 0 Å². The molecule has 0 aromatic heterocycles. The molecule has 4 nitrogen and oxygen atoms in total. The van der Waals surface area contributed by atoms with Crippen LogP contribution in [0.2, 0.25) is 0 Å². The summed E-state index contributed by atoms with van der Waals surface area (Å²) >= 11 is 3.49. The number of ether oxygens (including phenoxy) is 1. The summed E-state index contributed by atoms with van der Waals surface area (Å²) in [6.07, 6.45) is 1.76. The number of aliphatic carboxylic acids is 1. The minimum atomic E-state index is -0.738. The smallest absolute Gasteiger partial charge is 0.303 e. The topological polar surface area (TPSA) is 58.6 Å². The van der Waals surface area contributed by atoms with Gasteiger partial charge in [0.15, 0.2) is 0 Å². The van der Waals surface area contributed by atoms with Crippen LogP contribution in [0.4, 0.5) is 5.69 Å². The number of carboxylic acid groups (broad SMARTS) is 1. The number of carboxylic acids is 1. The molecule has 2 N–H and O–H groups in total. The number of nitrogens with one attached hydrogen (secondary N) is 1. The van der Waals surface area contributed by atoms with Gasteiger partial charge in [0.2, 0.25) is 0 Å². The van der Waals surface area contributed by atoms with E-state index in [1.165, 1.54) is 0 Å². The maximum atomic E-state index is 10.4. The number of hydrogen-bond acceptors (Lipinski definition) is 3. The van der Waals surface area contributed by atoms with Gasteiger partial charge >= 0.3 is 5.97 Å². The number of carbonyl (C=O) groups is 1. The summed E-state index contributed by atoms with van der Waals surface area (Å²) in [4.78, 5) is 10.4. The first-order valence-corrected chi connectivity index (χ1v) is 6.66. The molecule has 0 unspecified atom stereocenters.